The number of halogens is 3. The maximum Gasteiger partial charge on any atom is 0.416 e. The van der Waals surface area contributed by atoms with Gasteiger partial charge in [-0.1, -0.05) is 31.2 Å². The topological polar surface area (TPSA) is 75.3 Å². The lowest BCUT2D eigenvalue weighted by molar-refractivity contribution is -0.139. The maximum atomic E-state index is 12.6. The molecule has 2 N–H and O–H groups in total. The fourth-order valence-corrected chi connectivity index (χ4v) is 3.58. The standard InChI is InChI=1S/C23H21F3N2O3/c1-2-22(14-13-20(30)28-21(22)31)16-8-10-18(11-9-16)27-19(29)12-5-15-3-6-17(7-4-15)23(24,25)26/h3-12H,2,13-14H2,1H3,(H,27,29)(H,28,30,31)/b12-5+. The Bertz CT molecular complexity index is 1010. The molecule has 2 aromatic carbocycles. The van der Waals surface area contributed by atoms with Gasteiger partial charge in [-0.2, -0.15) is 13.2 Å². The maximum absolute atomic E-state index is 12.6. The summed E-state index contributed by atoms with van der Waals surface area (Å²) in [5.41, 5.74) is 0.192. The predicted molar refractivity (Wildman–Crippen MR) is 110 cm³/mol. The molecular weight excluding hydrogens is 409 g/mol. The second-order valence-electron chi connectivity index (χ2n) is 7.33. The van der Waals surface area contributed by atoms with E-state index in [0.717, 1.165) is 17.7 Å². The summed E-state index contributed by atoms with van der Waals surface area (Å²) in [6.07, 6.45) is -0.532. The Morgan fingerprint density at radius 1 is 1.10 bits per heavy atom. The van der Waals surface area contributed by atoms with Gasteiger partial charge >= 0.3 is 6.18 Å². The number of imide groups is 1. The van der Waals surface area contributed by atoms with Crippen LogP contribution in [0.4, 0.5) is 18.9 Å². The predicted octanol–water partition coefficient (Wildman–Crippen LogP) is 4.44. The second-order valence-corrected chi connectivity index (χ2v) is 7.33. The third-order valence-electron chi connectivity index (χ3n) is 5.44. The lowest BCUT2D eigenvalue weighted by atomic mass is 9.72. The van der Waals surface area contributed by atoms with Gasteiger partial charge in [0.15, 0.2) is 0 Å². The lowest BCUT2D eigenvalue weighted by Crippen LogP contribution is -2.51. The molecule has 0 aliphatic carbocycles. The molecule has 162 valence electrons. The molecule has 0 bridgehead atoms. The van der Waals surface area contributed by atoms with Crippen LogP contribution in [-0.4, -0.2) is 17.7 Å². The van der Waals surface area contributed by atoms with E-state index in [1.165, 1.54) is 24.3 Å². The Balaban J connectivity index is 1.65. The van der Waals surface area contributed by atoms with Crippen LogP contribution in [0, 0.1) is 0 Å². The van der Waals surface area contributed by atoms with Crippen molar-refractivity contribution in [1.82, 2.24) is 5.32 Å². The molecule has 8 heteroatoms. The van der Waals surface area contributed by atoms with Crippen LogP contribution in [0.1, 0.15) is 42.9 Å². The lowest BCUT2D eigenvalue weighted by Gasteiger charge is -2.35. The van der Waals surface area contributed by atoms with Crippen LogP contribution in [0.2, 0.25) is 0 Å². The van der Waals surface area contributed by atoms with Crippen LogP contribution >= 0.6 is 0 Å². The number of anilines is 1. The van der Waals surface area contributed by atoms with Crippen molar-refractivity contribution in [3.63, 3.8) is 0 Å². The number of hydrogen-bond donors (Lipinski definition) is 2. The van der Waals surface area contributed by atoms with E-state index < -0.39 is 23.1 Å². The number of alkyl halides is 3. The molecule has 31 heavy (non-hydrogen) atoms. The normalized spacial score (nSPS) is 19.4. The molecule has 0 radical (unpaired) electrons. The third kappa shape index (κ3) is 5.02. The Labute approximate surface area is 177 Å². The van der Waals surface area contributed by atoms with Gasteiger partial charge in [0.1, 0.15) is 0 Å². The van der Waals surface area contributed by atoms with E-state index in [-0.39, 0.29) is 18.2 Å². The highest BCUT2D eigenvalue weighted by molar-refractivity contribution is 6.04. The molecule has 1 atom stereocenters. The summed E-state index contributed by atoms with van der Waals surface area (Å²) >= 11 is 0. The molecule has 0 aromatic heterocycles. The number of piperidine rings is 1. The highest BCUT2D eigenvalue weighted by Crippen LogP contribution is 2.36. The molecule has 5 nitrogen and oxygen atoms in total. The zero-order chi connectivity index (χ0) is 22.6. The summed E-state index contributed by atoms with van der Waals surface area (Å²) in [4.78, 5) is 36.0. The van der Waals surface area contributed by atoms with Crippen LogP contribution < -0.4 is 10.6 Å². The largest absolute Gasteiger partial charge is 0.416 e. The zero-order valence-electron chi connectivity index (χ0n) is 16.8. The first-order valence-corrected chi connectivity index (χ1v) is 9.75. The molecule has 3 amide bonds. The number of carbonyl (C=O) groups is 3. The molecule has 1 heterocycles. The summed E-state index contributed by atoms with van der Waals surface area (Å²) in [6, 6.07) is 11.3. The summed E-state index contributed by atoms with van der Waals surface area (Å²) in [6.45, 7) is 1.89. The molecule has 1 fully saturated rings. The fraction of sp³-hybridized carbons (Fsp3) is 0.261. The van der Waals surface area contributed by atoms with Gasteiger partial charge in [-0.25, -0.2) is 0 Å². The first-order chi connectivity index (χ1) is 14.6. The molecule has 1 aliphatic heterocycles. The van der Waals surface area contributed by atoms with Gasteiger partial charge in [0.25, 0.3) is 0 Å². The van der Waals surface area contributed by atoms with Gasteiger partial charge < -0.3 is 5.32 Å². The van der Waals surface area contributed by atoms with Gasteiger partial charge in [-0.15, -0.1) is 0 Å². The Morgan fingerprint density at radius 2 is 1.74 bits per heavy atom. The van der Waals surface area contributed by atoms with Crippen molar-refractivity contribution in [3.05, 3.63) is 71.3 Å². The summed E-state index contributed by atoms with van der Waals surface area (Å²) in [5, 5.41) is 5.06. The van der Waals surface area contributed by atoms with Crippen molar-refractivity contribution in [3.8, 4) is 0 Å². The second kappa shape index (κ2) is 8.75. The van der Waals surface area contributed by atoms with E-state index >= 15 is 0 Å². The molecular formula is C23H21F3N2O3. The van der Waals surface area contributed by atoms with Gasteiger partial charge in [-0.05, 0) is 54.3 Å². The highest BCUT2D eigenvalue weighted by atomic mass is 19.4. The van der Waals surface area contributed by atoms with Crippen LogP contribution in [-0.2, 0) is 26.0 Å². The van der Waals surface area contributed by atoms with E-state index in [2.05, 4.69) is 10.6 Å². The molecule has 0 spiro atoms. The smallest absolute Gasteiger partial charge is 0.323 e. The monoisotopic (exact) mass is 430 g/mol. The summed E-state index contributed by atoms with van der Waals surface area (Å²) in [7, 11) is 0. The Morgan fingerprint density at radius 3 is 2.29 bits per heavy atom. The van der Waals surface area contributed by atoms with Crippen molar-refractivity contribution in [2.24, 2.45) is 0 Å². The van der Waals surface area contributed by atoms with Crippen molar-refractivity contribution in [2.75, 3.05) is 5.32 Å². The van der Waals surface area contributed by atoms with Crippen LogP contribution in [0.5, 0.6) is 0 Å². The van der Waals surface area contributed by atoms with Crippen LogP contribution in [0.25, 0.3) is 6.08 Å². The van der Waals surface area contributed by atoms with Gasteiger partial charge in [0, 0.05) is 18.2 Å². The van der Waals surface area contributed by atoms with E-state index in [4.69, 9.17) is 0 Å². The van der Waals surface area contributed by atoms with Crippen molar-refractivity contribution < 1.29 is 27.6 Å². The first-order valence-electron chi connectivity index (χ1n) is 9.75. The Kier molecular flexibility index (Phi) is 6.29. The van der Waals surface area contributed by atoms with Crippen molar-refractivity contribution >= 4 is 29.5 Å². The van der Waals surface area contributed by atoms with E-state index in [1.807, 2.05) is 6.92 Å². The number of amides is 3. The number of hydrogen-bond acceptors (Lipinski definition) is 3. The van der Waals surface area contributed by atoms with Gasteiger partial charge in [0.05, 0.1) is 11.0 Å². The minimum atomic E-state index is -4.41. The number of nitrogens with one attached hydrogen (secondary N) is 2. The summed E-state index contributed by atoms with van der Waals surface area (Å²) < 4.78 is 37.8. The number of carbonyl (C=O) groups excluding carboxylic acids is 3. The molecule has 0 saturated carbocycles. The zero-order valence-corrected chi connectivity index (χ0v) is 16.8. The minimum Gasteiger partial charge on any atom is -0.323 e. The van der Waals surface area contributed by atoms with Crippen molar-refractivity contribution in [1.29, 1.82) is 0 Å². The Hall–Kier alpha value is -3.42. The minimum absolute atomic E-state index is 0.271. The van der Waals surface area contributed by atoms with Crippen molar-refractivity contribution in [2.45, 2.75) is 37.8 Å². The van der Waals surface area contributed by atoms with E-state index in [0.29, 0.717) is 24.1 Å². The SMILES string of the molecule is CCC1(c2ccc(NC(=O)/C=C/c3ccc(C(F)(F)F)cc3)cc2)CCC(=O)NC1=O. The molecule has 1 aliphatic rings. The molecule has 1 unspecified atom stereocenters. The van der Waals surface area contributed by atoms with E-state index in [1.54, 1.807) is 24.3 Å². The molecule has 3 rings (SSSR count). The van der Waals surface area contributed by atoms with Gasteiger partial charge in [-0.3, -0.25) is 19.7 Å². The van der Waals surface area contributed by atoms with E-state index in [9.17, 15) is 27.6 Å². The molecule has 1 saturated heterocycles. The number of benzene rings is 2. The van der Waals surface area contributed by atoms with Crippen LogP contribution in [0.15, 0.2) is 54.6 Å². The van der Waals surface area contributed by atoms with Gasteiger partial charge in [0.2, 0.25) is 17.7 Å². The highest BCUT2D eigenvalue weighted by Gasteiger charge is 2.42. The fourth-order valence-electron chi connectivity index (χ4n) is 3.58. The quantitative estimate of drug-likeness (QED) is 0.544. The summed E-state index contributed by atoms with van der Waals surface area (Å²) in [5.74, 6) is -1.04. The first kappa shape index (κ1) is 22.3. The average molecular weight is 430 g/mol. The van der Waals surface area contributed by atoms with Crippen LogP contribution in [0.3, 0.4) is 0 Å². The molecule has 2 aromatic rings. The third-order valence-corrected chi connectivity index (χ3v) is 5.44. The number of rotatable bonds is 5. The average Bonchev–Trinajstić information content (AvgIpc) is 2.73.